The number of hydrogen-bond acceptors (Lipinski definition) is 7. The zero-order valence-corrected chi connectivity index (χ0v) is 21.3. The van der Waals surface area contributed by atoms with Gasteiger partial charge in [-0.25, -0.2) is 4.79 Å². The summed E-state index contributed by atoms with van der Waals surface area (Å²) >= 11 is 0. The highest BCUT2D eigenvalue weighted by Gasteiger charge is 2.28. The van der Waals surface area contributed by atoms with Crippen LogP contribution in [0.25, 0.3) is 0 Å². The number of hydrogen-bond donors (Lipinski definition) is 0. The highest BCUT2D eigenvalue weighted by atomic mass is 16.6. The van der Waals surface area contributed by atoms with Gasteiger partial charge in [0, 0.05) is 24.8 Å². The summed E-state index contributed by atoms with van der Waals surface area (Å²) in [6.45, 7) is 7.33. The third kappa shape index (κ3) is 9.62. The number of ether oxygens (including phenoxy) is 4. The number of carbonyl (C=O) groups is 3. The Labute approximate surface area is 207 Å². The van der Waals surface area contributed by atoms with Crippen molar-refractivity contribution in [2.75, 3.05) is 26.9 Å². The minimum absolute atomic E-state index is 0.0195. The van der Waals surface area contributed by atoms with E-state index in [1.54, 1.807) is 50.2 Å². The standard InChI is InChI=1S/C28H36O7/c1-27(2,16-9-10-17-34-28(3,4)24(29)19-32-5)35-25(30)20-33-23-15-11-14-22(18-23)26(31)21-12-7-6-8-13-21/h6-8,11-15,18H,9-10,16-17,19-20H2,1-5H3. The van der Waals surface area contributed by atoms with Crippen LogP contribution in [0.3, 0.4) is 0 Å². The van der Waals surface area contributed by atoms with Gasteiger partial charge in [0.25, 0.3) is 0 Å². The number of benzene rings is 2. The molecule has 0 N–H and O–H groups in total. The Bertz CT molecular complexity index is 980. The number of esters is 1. The number of rotatable bonds is 15. The maximum Gasteiger partial charge on any atom is 0.344 e. The Balaban J connectivity index is 1.75. The minimum Gasteiger partial charge on any atom is -0.482 e. The lowest BCUT2D eigenvalue weighted by Crippen LogP contribution is -2.38. The van der Waals surface area contributed by atoms with Gasteiger partial charge in [-0.05, 0) is 59.1 Å². The van der Waals surface area contributed by atoms with E-state index in [-0.39, 0.29) is 24.8 Å². The normalized spacial score (nSPS) is 11.7. The number of ketones is 2. The van der Waals surface area contributed by atoms with Gasteiger partial charge in [0.15, 0.2) is 18.2 Å². The zero-order valence-electron chi connectivity index (χ0n) is 21.3. The fraction of sp³-hybridized carbons (Fsp3) is 0.464. The fourth-order valence-electron chi connectivity index (χ4n) is 3.38. The number of methoxy groups -OCH3 is 1. The van der Waals surface area contributed by atoms with Gasteiger partial charge in [-0.3, -0.25) is 9.59 Å². The summed E-state index contributed by atoms with van der Waals surface area (Å²) in [5.74, 6) is -0.291. The first-order valence-electron chi connectivity index (χ1n) is 11.7. The van der Waals surface area contributed by atoms with Crippen LogP contribution >= 0.6 is 0 Å². The Kier molecular flexibility index (Phi) is 10.6. The van der Waals surface area contributed by atoms with Crippen LogP contribution in [0.5, 0.6) is 5.75 Å². The lowest BCUT2D eigenvalue weighted by molar-refractivity contribution is -0.159. The van der Waals surface area contributed by atoms with Crippen LogP contribution in [0.4, 0.5) is 0 Å². The van der Waals surface area contributed by atoms with Crippen molar-refractivity contribution in [3.63, 3.8) is 0 Å². The third-order valence-electron chi connectivity index (χ3n) is 5.46. The van der Waals surface area contributed by atoms with Crippen molar-refractivity contribution in [3.05, 3.63) is 65.7 Å². The Morgan fingerprint density at radius 2 is 1.51 bits per heavy atom. The molecule has 0 fully saturated rings. The van der Waals surface area contributed by atoms with Gasteiger partial charge < -0.3 is 18.9 Å². The van der Waals surface area contributed by atoms with Crippen molar-refractivity contribution in [1.29, 1.82) is 0 Å². The van der Waals surface area contributed by atoms with E-state index in [0.29, 0.717) is 29.9 Å². The second-order valence-corrected chi connectivity index (χ2v) is 9.42. The van der Waals surface area contributed by atoms with E-state index in [0.717, 1.165) is 12.8 Å². The molecule has 0 bridgehead atoms. The number of carbonyl (C=O) groups excluding carboxylic acids is 3. The summed E-state index contributed by atoms with van der Waals surface area (Å²) in [6.07, 6.45) is 2.12. The third-order valence-corrected chi connectivity index (χ3v) is 5.46. The van der Waals surface area contributed by atoms with Crippen LogP contribution in [-0.4, -0.2) is 55.7 Å². The Hall–Kier alpha value is -3.03. The monoisotopic (exact) mass is 484 g/mol. The van der Waals surface area contributed by atoms with E-state index in [4.69, 9.17) is 18.9 Å². The van der Waals surface area contributed by atoms with Gasteiger partial charge in [-0.1, -0.05) is 42.5 Å². The maximum absolute atomic E-state index is 12.6. The van der Waals surface area contributed by atoms with Gasteiger partial charge in [0.1, 0.15) is 23.6 Å². The predicted molar refractivity (Wildman–Crippen MR) is 133 cm³/mol. The molecule has 2 aromatic carbocycles. The molecule has 0 unspecified atom stereocenters. The maximum atomic E-state index is 12.6. The van der Waals surface area contributed by atoms with Crippen molar-refractivity contribution in [2.24, 2.45) is 0 Å². The van der Waals surface area contributed by atoms with Gasteiger partial charge in [-0.15, -0.1) is 0 Å². The molecule has 0 heterocycles. The molecule has 0 amide bonds. The second-order valence-electron chi connectivity index (χ2n) is 9.42. The molecular formula is C28H36O7. The molecule has 0 atom stereocenters. The van der Waals surface area contributed by atoms with Crippen molar-refractivity contribution >= 4 is 17.5 Å². The van der Waals surface area contributed by atoms with E-state index < -0.39 is 17.2 Å². The van der Waals surface area contributed by atoms with Gasteiger partial charge in [0.2, 0.25) is 0 Å². The molecule has 0 spiro atoms. The second kappa shape index (κ2) is 13.2. The van der Waals surface area contributed by atoms with Crippen LogP contribution in [0.15, 0.2) is 54.6 Å². The summed E-state index contributed by atoms with van der Waals surface area (Å²) in [4.78, 5) is 36.9. The largest absolute Gasteiger partial charge is 0.482 e. The fourth-order valence-corrected chi connectivity index (χ4v) is 3.38. The van der Waals surface area contributed by atoms with Gasteiger partial charge in [-0.2, -0.15) is 0 Å². The Morgan fingerprint density at radius 1 is 0.829 bits per heavy atom. The molecular weight excluding hydrogens is 448 g/mol. The first-order valence-corrected chi connectivity index (χ1v) is 11.7. The van der Waals surface area contributed by atoms with Crippen molar-refractivity contribution in [2.45, 2.75) is 58.2 Å². The molecule has 0 aromatic heterocycles. The first kappa shape index (κ1) is 28.2. The van der Waals surface area contributed by atoms with E-state index in [2.05, 4.69) is 0 Å². The van der Waals surface area contributed by atoms with Crippen LogP contribution < -0.4 is 4.74 Å². The van der Waals surface area contributed by atoms with Crippen molar-refractivity contribution in [3.8, 4) is 5.75 Å². The highest BCUT2D eigenvalue weighted by molar-refractivity contribution is 6.09. The molecule has 0 aliphatic rings. The van der Waals surface area contributed by atoms with E-state index in [9.17, 15) is 14.4 Å². The van der Waals surface area contributed by atoms with E-state index in [1.165, 1.54) is 7.11 Å². The topological polar surface area (TPSA) is 88.1 Å². The first-order chi connectivity index (χ1) is 16.5. The van der Waals surface area contributed by atoms with Crippen molar-refractivity contribution in [1.82, 2.24) is 0 Å². The molecule has 0 saturated carbocycles. The SMILES string of the molecule is COCC(=O)C(C)(C)OCCCCC(C)(C)OC(=O)COc1cccc(C(=O)c2ccccc2)c1. The van der Waals surface area contributed by atoms with E-state index >= 15 is 0 Å². The summed E-state index contributed by atoms with van der Waals surface area (Å²) in [7, 11) is 1.48. The number of Topliss-reactive ketones (excluding diaryl/α,β-unsaturated/α-hetero) is 1. The van der Waals surface area contributed by atoms with E-state index in [1.807, 2.05) is 32.0 Å². The van der Waals surface area contributed by atoms with Gasteiger partial charge >= 0.3 is 5.97 Å². The predicted octanol–water partition coefficient (Wildman–Crippen LogP) is 4.80. The lowest BCUT2D eigenvalue weighted by Gasteiger charge is -2.26. The van der Waals surface area contributed by atoms with Crippen molar-refractivity contribution < 1.29 is 33.3 Å². The Morgan fingerprint density at radius 3 is 2.20 bits per heavy atom. The molecule has 2 aromatic rings. The summed E-state index contributed by atoms with van der Waals surface area (Å²) in [5.41, 5.74) is -0.497. The number of unbranched alkanes of at least 4 members (excludes halogenated alkanes) is 1. The molecule has 35 heavy (non-hydrogen) atoms. The summed E-state index contributed by atoms with van der Waals surface area (Å²) < 4.78 is 21.7. The average Bonchev–Trinajstić information content (AvgIpc) is 2.82. The van der Waals surface area contributed by atoms with Crippen LogP contribution in [0.1, 0.15) is 62.9 Å². The molecule has 0 radical (unpaired) electrons. The molecule has 7 nitrogen and oxygen atoms in total. The highest BCUT2D eigenvalue weighted by Crippen LogP contribution is 2.21. The van der Waals surface area contributed by atoms with Gasteiger partial charge in [0.05, 0.1) is 0 Å². The molecule has 0 saturated heterocycles. The molecule has 0 aliphatic carbocycles. The average molecular weight is 485 g/mol. The zero-order chi connectivity index (χ0) is 25.9. The smallest absolute Gasteiger partial charge is 0.344 e. The summed E-state index contributed by atoms with van der Waals surface area (Å²) in [5, 5.41) is 0. The van der Waals surface area contributed by atoms with Crippen LogP contribution in [0.2, 0.25) is 0 Å². The molecule has 0 aliphatic heterocycles. The quantitative estimate of drug-likeness (QED) is 0.204. The lowest BCUT2D eigenvalue weighted by atomic mass is 10.0. The van der Waals surface area contributed by atoms with Crippen LogP contribution in [0, 0.1) is 0 Å². The molecule has 2 rings (SSSR count). The van der Waals surface area contributed by atoms with Crippen LogP contribution in [-0.2, 0) is 23.8 Å². The minimum atomic E-state index is -0.891. The molecule has 190 valence electrons. The summed E-state index contributed by atoms with van der Waals surface area (Å²) in [6, 6.07) is 15.7. The molecule has 7 heteroatoms.